The maximum absolute atomic E-state index is 12.0. The van der Waals surface area contributed by atoms with Crippen molar-refractivity contribution in [3.8, 4) is 0 Å². The van der Waals surface area contributed by atoms with E-state index in [0.717, 1.165) is 10.8 Å². The van der Waals surface area contributed by atoms with Crippen LogP contribution in [-0.2, 0) is 18.5 Å². The van der Waals surface area contributed by atoms with Crippen molar-refractivity contribution in [3.63, 3.8) is 0 Å². The van der Waals surface area contributed by atoms with Gasteiger partial charge in [-0.2, -0.15) is 0 Å². The van der Waals surface area contributed by atoms with Crippen molar-refractivity contribution in [1.29, 1.82) is 0 Å². The number of fused-ring (bicyclic) bond motifs is 1. The van der Waals surface area contributed by atoms with Crippen LogP contribution in [0.25, 0.3) is 0 Å². The van der Waals surface area contributed by atoms with Gasteiger partial charge in [-0.3, -0.25) is 14.4 Å². The zero-order valence-corrected chi connectivity index (χ0v) is 10.4. The predicted octanol–water partition coefficient (Wildman–Crippen LogP) is 1.75. The number of hydrogen-bond acceptors (Lipinski definition) is 3. The van der Waals surface area contributed by atoms with E-state index in [1.54, 1.807) is 24.3 Å². The third-order valence-corrected chi connectivity index (χ3v) is 3.15. The summed E-state index contributed by atoms with van der Waals surface area (Å²) in [6.07, 6.45) is 1.88. The topological polar surface area (TPSA) is 51.5 Å². The van der Waals surface area contributed by atoms with Crippen LogP contribution in [-0.4, -0.2) is 21.4 Å². The van der Waals surface area contributed by atoms with Gasteiger partial charge in [-0.1, -0.05) is 12.1 Å². The average molecular weight is 256 g/mol. The van der Waals surface area contributed by atoms with Crippen LogP contribution in [0.15, 0.2) is 42.6 Å². The standard InChI is InChI=1S/C14H12N2O3/c1-15-8-4-5-10(15)9-19-16-13(17)11-6-2-3-7-12(11)14(16)18/h2-8H,9H2,1H3. The third kappa shape index (κ3) is 1.84. The van der Waals surface area contributed by atoms with Gasteiger partial charge in [0, 0.05) is 18.9 Å². The first-order valence-corrected chi connectivity index (χ1v) is 5.89. The van der Waals surface area contributed by atoms with E-state index < -0.39 is 11.8 Å². The minimum absolute atomic E-state index is 0.176. The number of aromatic nitrogens is 1. The van der Waals surface area contributed by atoms with E-state index >= 15 is 0 Å². The van der Waals surface area contributed by atoms with Gasteiger partial charge in [0.15, 0.2) is 0 Å². The van der Waals surface area contributed by atoms with Gasteiger partial charge in [0.1, 0.15) is 6.61 Å². The predicted molar refractivity (Wildman–Crippen MR) is 67.1 cm³/mol. The molecule has 0 fully saturated rings. The van der Waals surface area contributed by atoms with Crippen molar-refractivity contribution in [1.82, 2.24) is 9.63 Å². The summed E-state index contributed by atoms with van der Waals surface area (Å²) in [4.78, 5) is 29.4. The molecule has 0 radical (unpaired) electrons. The summed E-state index contributed by atoms with van der Waals surface area (Å²) in [5.74, 6) is -0.815. The number of hydroxylamine groups is 2. The summed E-state index contributed by atoms with van der Waals surface area (Å²) < 4.78 is 1.87. The van der Waals surface area contributed by atoms with Gasteiger partial charge in [-0.05, 0) is 24.3 Å². The molecule has 2 aromatic rings. The fourth-order valence-corrected chi connectivity index (χ4v) is 2.06. The van der Waals surface area contributed by atoms with Crippen LogP contribution < -0.4 is 0 Å². The second kappa shape index (κ2) is 4.37. The van der Waals surface area contributed by atoms with Gasteiger partial charge >= 0.3 is 0 Å². The number of imide groups is 1. The molecule has 0 aliphatic carbocycles. The second-order valence-corrected chi connectivity index (χ2v) is 4.33. The lowest BCUT2D eigenvalue weighted by atomic mass is 10.1. The van der Waals surface area contributed by atoms with Gasteiger partial charge in [0.2, 0.25) is 0 Å². The second-order valence-electron chi connectivity index (χ2n) is 4.33. The van der Waals surface area contributed by atoms with E-state index in [4.69, 9.17) is 4.84 Å². The zero-order chi connectivity index (χ0) is 13.4. The Bertz CT molecular complexity index is 625. The van der Waals surface area contributed by atoms with E-state index in [1.807, 2.05) is 29.9 Å². The number of carbonyl (C=O) groups is 2. The molecule has 0 saturated heterocycles. The highest BCUT2D eigenvalue weighted by Crippen LogP contribution is 2.23. The quantitative estimate of drug-likeness (QED) is 0.786. The molecule has 2 amide bonds. The molecule has 0 unspecified atom stereocenters. The number of amides is 2. The van der Waals surface area contributed by atoms with Crippen LogP contribution >= 0.6 is 0 Å². The number of nitrogens with zero attached hydrogens (tertiary/aromatic N) is 2. The van der Waals surface area contributed by atoms with Crippen LogP contribution in [0.3, 0.4) is 0 Å². The summed E-state index contributed by atoms with van der Waals surface area (Å²) in [5.41, 5.74) is 1.66. The molecule has 0 saturated carbocycles. The molecule has 1 aliphatic heterocycles. The van der Waals surface area contributed by atoms with Crippen LogP contribution in [0, 0.1) is 0 Å². The fraction of sp³-hybridized carbons (Fsp3) is 0.143. The van der Waals surface area contributed by atoms with E-state index in [9.17, 15) is 9.59 Å². The number of hydrogen-bond donors (Lipinski definition) is 0. The first-order valence-electron chi connectivity index (χ1n) is 5.89. The van der Waals surface area contributed by atoms with Crippen LogP contribution in [0.2, 0.25) is 0 Å². The Balaban J connectivity index is 1.79. The number of rotatable bonds is 3. The molecular weight excluding hydrogens is 244 g/mol. The molecule has 2 heterocycles. The zero-order valence-electron chi connectivity index (χ0n) is 10.4. The molecule has 5 nitrogen and oxygen atoms in total. The van der Waals surface area contributed by atoms with Crippen molar-refractivity contribution in [3.05, 3.63) is 59.4 Å². The van der Waals surface area contributed by atoms with Crippen molar-refractivity contribution in [2.24, 2.45) is 7.05 Å². The van der Waals surface area contributed by atoms with Gasteiger partial charge in [-0.25, -0.2) is 0 Å². The fourth-order valence-electron chi connectivity index (χ4n) is 2.06. The van der Waals surface area contributed by atoms with Gasteiger partial charge in [-0.15, -0.1) is 5.06 Å². The summed E-state index contributed by atoms with van der Waals surface area (Å²) in [7, 11) is 1.88. The smallest absolute Gasteiger partial charge is 0.285 e. The summed E-state index contributed by atoms with van der Waals surface area (Å²) in [5, 5.41) is 0.831. The summed E-state index contributed by atoms with van der Waals surface area (Å²) in [6, 6.07) is 10.5. The normalized spacial score (nSPS) is 14.1. The summed E-state index contributed by atoms with van der Waals surface area (Å²) >= 11 is 0. The maximum atomic E-state index is 12.0. The molecule has 0 atom stereocenters. The lowest BCUT2D eigenvalue weighted by molar-refractivity contribution is -0.102. The Morgan fingerprint density at radius 2 is 1.63 bits per heavy atom. The molecule has 0 bridgehead atoms. The van der Waals surface area contributed by atoms with E-state index in [2.05, 4.69) is 0 Å². The molecular formula is C14H12N2O3. The molecule has 1 aromatic heterocycles. The minimum Gasteiger partial charge on any atom is -0.352 e. The molecule has 5 heteroatoms. The van der Waals surface area contributed by atoms with Gasteiger partial charge in [0.05, 0.1) is 11.1 Å². The molecule has 0 spiro atoms. The largest absolute Gasteiger partial charge is 0.352 e. The molecule has 19 heavy (non-hydrogen) atoms. The molecule has 0 N–H and O–H groups in total. The Kier molecular flexibility index (Phi) is 2.68. The first-order chi connectivity index (χ1) is 9.18. The Morgan fingerprint density at radius 3 is 2.16 bits per heavy atom. The number of carbonyl (C=O) groups excluding carboxylic acids is 2. The van der Waals surface area contributed by atoms with Crippen LogP contribution in [0.4, 0.5) is 0 Å². The summed E-state index contributed by atoms with van der Waals surface area (Å²) in [6.45, 7) is 0.176. The Morgan fingerprint density at radius 1 is 1.00 bits per heavy atom. The monoisotopic (exact) mass is 256 g/mol. The lowest BCUT2D eigenvalue weighted by Gasteiger charge is -2.13. The van der Waals surface area contributed by atoms with Gasteiger partial charge in [0.25, 0.3) is 11.8 Å². The highest BCUT2D eigenvalue weighted by Gasteiger charge is 2.36. The van der Waals surface area contributed by atoms with Crippen LogP contribution in [0.5, 0.6) is 0 Å². The Hall–Kier alpha value is -2.40. The third-order valence-electron chi connectivity index (χ3n) is 3.15. The molecule has 3 rings (SSSR count). The van der Waals surface area contributed by atoms with Crippen molar-refractivity contribution >= 4 is 11.8 Å². The maximum Gasteiger partial charge on any atom is 0.285 e. The lowest BCUT2D eigenvalue weighted by Crippen LogP contribution is -2.30. The minimum atomic E-state index is -0.408. The van der Waals surface area contributed by atoms with E-state index in [0.29, 0.717) is 11.1 Å². The highest BCUT2D eigenvalue weighted by molar-refractivity contribution is 6.20. The SMILES string of the molecule is Cn1cccc1CON1C(=O)c2ccccc2C1=O. The van der Waals surface area contributed by atoms with E-state index in [-0.39, 0.29) is 6.61 Å². The van der Waals surface area contributed by atoms with Crippen molar-refractivity contribution in [2.75, 3.05) is 0 Å². The Labute approximate surface area is 110 Å². The number of benzene rings is 1. The van der Waals surface area contributed by atoms with Crippen molar-refractivity contribution < 1.29 is 14.4 Å². The van der Waals surface area contributed by atoms with Crippen LogP contribution in [0.1, 0.15) is 26.4 Å². The molecule has 96 valence electrons. The number of aryl methyl sites for hydroxylation is 1. The average Bonchev–Trinajstić information content (AvgIpc) is 2.93. The molecule has 1 aromatic carbocycles. The molecule has 1 aliphatic rings. The highest BCUT2D eigenvalue weighted by atomic mass is 16.7. The first kappa shape index (κ1) is 11.7. The van der Waals surface area contributed by atoms with Gasteiger partial charge < -0.3 is 4.57 Å². The van der Waals surface area contributed by atoms with E-state index in [1.165, 1.54) is 0 Å². The van der Waals surface area contributed by atoms with Crippen molar-refractivity contribution in [2.45, 2.75) is 6.61 Å².